The van der Waals surface area contributed by atoms with E-state index in [9.17, 15) is 9.18 Å². The minimum Gasteiger partial charge on any atom is -0.489 e. The summed E-state index contributed by atoms with van der Waals surface area (Å²) in [5.74, 6) is 0.574. The first-order valence-electron chi connectivity index (χ1n) is 9.53. The number of carbonyl (C=O) groups is 1. The van der Waals surface area contributed by atoms with Crippen LogP contribution in [0.25, 0.3) is 10.1 Å². The van der Waals surface area contributed by atoms with E-state index in [2.05, 4.69) is 17.6 Å². The molecule has 7 heteroatoms. The molecule has 3 aromatic rings. The molecule has 2 aromatic carbocycles. The number of fused-ring (bicyclic) bond motifs is 1. The van der Waals surface area contributed by atoms with Gasteiger partial charge in [0.2, 0.25) is 0 Å². The number of amides is 1. The minimum absolute atomic E-state index is 0. The van der Waals surface area contributed by atoms with E-state index < -0.39 is 0 Å². The Morgan fingerprint density at radius 3 is 2.79 bits per heavy atom. The highest BCUT2D eigenvalue weighted by atomic mass is 35.5. The van der Waals surface area contributed by atoms with Crippen LogP contribution in [0.1, 0.15) is 28.6 Å². The van der Waals surface area contributed by atoms with Crippen LogP contribution >= 0.6 is 23.7 Å². The number of hydrogen-bond acceptors (Lipinski definition) is 4. The first-order chi connectivity index (χ1) is 13.6. The summed E-state index contributed by atoms with van der Waals surface area (Å²) in [5, 5.41) is 6.97. The van der Waals surface area contributed by atoms with Gasteiger partial charge in [0.15, 0.2) is 0 Å². The van der Waals surface area contributed by atoms with E-state index >= 15 is 0 Å². The second-order valence-corrected chi connectivity index (χ2v) is 8.23. The number of halogens is 2. The Morgan fingerprint density at radius 2 is 2.03 bits per heavy atom. The highest BCUT2D eigenvalue weighted by Crippen LogP contribution is 2.34. The summed E-state index contributed by atoms with van der Waals surface area (Å²) < 4.78 is 21.2. The highest BCUT2D eigenvalue weighted by Gasteiger charge is 2.26. The molecular weight excluding hydrogens is 411 g/mol. The first kappa shape index (κ1) is 21.6. The van der Waals surface area contributed by atoms with Gasteiger partial charge in [0.1, 0.15) is 18.2 Å². The maximum absolute atomic E-state index is 14.6. The van der Waals surface area contributed by atoms with Gasteiger partial charge in [-0.1, -0.05) is 31.2 Å². The fourth-order valence-electron chi connectivity index (χ4n) is 3.62. The highest BCUT2D eigenvalue weighted by molar-refractivity contribution is 7.21. The number of piperidine rings is 1. The van der Waals surface area contributed by atoms with Gasteiger partial charge >= 0.3 is 0 Å². The summed E-state index contributed by atoms with van der Waals surface area (Å²) in [7, 11) is 0. The van der Waals surface area contributed by atoms with Gasteiger partial charge in [-0.15, -0.1) is 23.7 Å². The molecular formula is C22H24ClFN2O2S. The van der Waals surface area contributed by atoms with Crippen molar-refractivity contribution in [3.63, 3.8) is 0 Å². The number of rotatable bonds is 5. The molecule has 1 aliphatic heterocycles. The number of carbonyl (C=O) groups excluding carboxylic acids is 1. The fraction of sp³-hybridized carbons (Fsp3) is 0.318. The molecule has 1 aliphatic rings. The lowest BCUT2D eigenvalue weighted by Crippen LogP contribution is -2.48. The summed E-state index contributed by atoms with van der Waals surface area (Å²) in [6.45, 7) is 4.05. The van der Waals surface area contributed by atoms with Crippen LogP contribution in [-0.4, -0.2) is 25.0 Å². The van der Waals surface area contributed by atoms with E-state index in [1.165, 1.54) is 17.4 Å². The number of ether oxygens (including phenoxy) is 1. The smallest absolute Gasteiger partial charge is 0.262 e. The Balaban J connectivity index is 0.00000240. The molecule has 0 bridgehead atoms. The van der Waals surface area contributed by atoms with Crippen LogP contribution in [0.5, 0.6) is 5.75 Å². The van der Waals surface area contributed by atoms with Crippen molar-refractivity contribution in [2.75, 3.05) is 13.1 Å². The van der Waals surface area contributed by atoms with E-state index in [0.29, 0.717) is 27.5 Å². The molecule has 1 aromatic heterocycles. The average Bonchev–Trinajstić information content (AvgIpc) is 3.09. The third-order valence-corrected chi connectivity index (χ3v) is 6.39. The van der Waals surface area contributed by atoms with E-state index in [0.717, 1.165) is 24.2 Å². The summed E-state index contributed by atoms with van der Waals surface area (Å²) in [6, 6.07) is 14.4. The van der Waals surface area contributed by atoms with Crippen LogP contribution in [0.4, 0.5) is 4.39 Å². The maximum atomic E-state index is 14.6. The molecule has 4 nitrogen and oxygen atoms in total. The van der Waals surface area contributed by atoms with E-state index in [1.807, 2.05) is 36.4 Å². The van der Waals surface area contributed by atoms with Crippen molar-refractivity contribution in [1.82, 2.24) is 10.6 Å². The predicted molar refractivity (Wildman–Crippen MR) is 118 cm³/mol. The number of benzene rings is 2. The fourth-order valence-corrected chi connectivity index (χ4v) is 4.75. The molecule has 1 amide bonds. The SMILES string of the molecule is CC1CNCCC1NC(=O)c1sc2cccc(F)c2c1COc1ccccc1.Cl. The summed E-state index contributed by atoms with van der Waals surface area (Å²) >= 11 is 1.32. The van der Waals surface area contributed by atoms with Crippen LogP contribution in [0.3, 0.4) is 0 Å². The average molecular weight is 435 g/mol. The number of thiophene rings is 1. The molecule has 2 unspecified atom stereocenters. The maximum Gasteiger partial charge on any atom is 0.262 e. The van der Waals surface area contributed by atoms with Crippen molar-refractivity contribution in [2.24, 2.45) is 5.92 Å². The standard InChI is InChI=1S/C22H23FN2O2S.ClH/c1-14-12-24-11-10-18(14)25-22(26)21-16(13-27-15-6-3-2-4-7-15)20-17(23)8-5-9-19(20)28-21;/h2-9,14,18,24H,10-13H2,1H3,(H,25,26);1H. The van der Waals surface area contributed by atoms with Crippen molar-refractivity contribution in [3.05, 3.63) is 64.8 Å². The third kappa shape index (κ3) is 4.71. The second-order valence-electron chi connectivity index (χ2n) is 7.17. The lowest BCUT2D eigenvalue weighted by Gasteiger charge is -2.30. The predicted octanol–water partition coefficient (Wildman–Crippen LogP) is 4.77. The molecule has 0 spiro atoms. The molecule has 2 N–H and O–H groups in total. The van der Waals surface area contributed by atoms with Gasteiger partial charge in [-0.3, -0.25) is 4.79 Å². The summed E-state index contributed by atoms with van der Waals surface area (Å²) in [5.41, 5.74) is 0.612. The molecule has 1 saturated heterocycles. The van der Waals surface area contributed by atoms with Crippen molar-refractivity contribution in [3.8, 4) is 5.75 Å². The van der Waals surface area contributed by atoms with Gasteiger partial charge in [-0.2, -0.15) is 0 Å². The second kappa shape index (κ2) is 9.57. The topological polar surface area (TPSA) is 50.4 Å². The Hall–Kier alpha value is -2.15. The lowest BCUT2D eigenvalue weighted by atomic mass is 9.95. The van der Waals surface area contributed by atoms with Crippen molar-refractivity contribution in [2.45, 2.75) is 26.0 Å². The van der Waals surface area contributed by atoms with E-state index in [4.69, 9.17) is 4.74 Å². The number of hydrogen-bond donors (Lipinski definition) is 2. The molecule has 4 rings (SSSR count). The van der Waals surface area contributed by atoms with Gasteiger partial charge in [-0.25, -0.2) is 4.39 Å². The number of para-hydroxylation sites is 1. The molecule has 1 fully saturated rings. The zero-order valence-corrected chi connectivity index (χ0v) is 17.7. The monoisotopic (exact) mass is 434 g/mol. The first-order valence-corrected chi connectivity index (χ1v) is 10.3. The Bertz CT molecular complexity index is 980. The van der Waals surface area contributed by atoms with Crippen molar-refractivity contribution >= 4 is 39.7 Å². The third-order valence-electron chi connectivity index (χ3n) is 5.20. The molecule has 0 saturated carbocycles. The zero-order valence-electron chi connectivity index (χ0n) is 16.1. The van der Waals surface area contributed by atoms with Gasteiger partial charge in [0.25, 0.3) is 5.91 Å². The van der Waals surface area contributed by atoms with E-state index in [-0.39, 0.29) is 36.8 Å². The van der Waals surface area contributed by atoms with Gasteiger partial charge in [-0.05, 0) is 49.7 Å². The van der Waals surface area contributed by atoms with Gasteiger partial charge < -0.3 is 15.4 Å². The quantitative estimate of drug-likeness (QED) is 0.608. The lowest BCUT2D eigenvalue weighted by molar-refractivity contribution is 0.0916. The number of nitrogens with one attached hydrogen (secondary N) is 2. The van der Waals surface area contributed by atoms with Crippen LogP contribution in [0.2, 0.25) is 0 Å². The molecule has 29 heavy (non-hydrogen) atoms. The summed E-state index contributed by atoms with van der Waals surface area (Å²) in [6.07, 6.45) is 0.891. The van der Waals surface area contributed by atoms with Crippen LogP contribution in [-0.2, 0) is 6.61 Å². The normalized spacial score (nSPS) is 18.8. The Kier molecular flexibility index (Phi) is 7.11. The summed E-state index contributed by atoms with van der Waals surface area (Å²) in [4.78, 5) is 13.6. The zero-order chi connectivity index (χ0) is 19.5. The largest absolute Gasteiger partial charge is 0.489 e. The van der Waals surface area contributed by atoms with Crippen LogP contribution < -0.4 is 15.4 Å². The van der Waals surface area contributed by atoms with Crippen molar-refractivity contribution in [1.29, 1.82) is 0 Å². The van der Waals surface area contributed by atoms with Crippen molar-refractivity contribution < 1.29 is 13.9 Å². The van der Waals surface area contributed by atoms with Crippen LogP contribution in [0, 0.1) is 11.7 Å². The molecule has 2 heterocycles. The van der Waals surface area contributed by atoms with E-state index in [1.54, 1.807) is 6.07 Å². The Morgan fingerprint density at radius 1 is 1.24 bits per heavy atom. The molecule has 2 atom stereocenters. The Labute approximate surface area is 179 Å². The van der Waals surface area contributed by atoms with Gasteiger partial charge in [0.05, 0.1) is 4.88 Å². The molecule has 0 radical (unpaired) electrons. The molecule has 0 aliphatic carbocycles. The minimum atomic E-state index is -0.324. The van der Waals surface area contributed by atoms with Gasteiger partial charge in [0, 0.05) is 21.7 Å². The molecule has 154 valence electrons. The van der Waals surface area contributed by atoms with Crippen LogP contribution in [0.15, 0.2) is 48.5 Å².